The molecule has 0 amide bonds. The van der Waals surface area contributed by atoms with E-state index in [1.807, 2.05) is 30.3 Å². The fraction of sp³-hybridized carbons (Fsp3) is 0.538. The van der Waals surface area contributed by atoms with Crippen LogP contribution in [0.5, 0.6) is 0 Å². The van der Waals surface area contributed by atoms with E-state index in [0.717, 1.165) is 5.56 Å². The van der Waals surface area contributed by atoms with E-state index in [1.54, 1.807) is 0 Å². The lowest BCUT2D eigenvalue weighted by Crippen LogP contribution is -2.47. The maximum atomic E-state index is 12.8. The van der Waals surface area contributed by atoms with Crippen LogP contribution in [-0.2, 0) is 0 Å². The average molecular weight is 258 g/mol. The lowest BCUT2D eigenvalue weighted by atomic mass is 9.99. The van der Waals surface area contributed by atoms with Gasteiger partial charge in [-0.1, -0.05) is 30.3 Å². The second-order valence-electron chi connectivity index (χ2n) is 4.80. The van der Waals surface area contributed by atoms with Crippen LogP contribution in [0.2, 0.25) is 0 Å². The lowest BCUT2D eigenvalue weighted by Gasteiger charge is -2.24. The van der Waals surface area contributed by atoms with Gasteiger partial charge in [0.15, 0.2) is 0 Å². The van der Waals surface area contributed by atoms with Crippen molar-refractivity contribution in [2.45, 2.75) is 30.5 Å². The Kier molecular flexibility index (Phi) is 3.64. The van der Waals surface area contributed by atoms with Gasteiger partial charge < -0.3 is 11.1 Å². The fourth-order valence-corrected chi connectivity index (χ4v) is 2.07. The van der Waals surface area contributed by atoms with Gasteiger partial charge in [0, 0.05) is 19.0 Å². The highest BCUT2D eigenvalue weighted by atomic mass is 19.4. The van der Waals surface area contributed by atoms with Crippen LogP contribution in [-0.4, -0.2) is 24.8 Å². The first-order valence-electron chi connectivity index (χ1n) is 6.05. The van der Waals surface area contributed by atoms with Crippen LogP contribution in [0.1, 0.15) is 24.3 Å². The van der Waals surface area contributed by atoms with Crippen LogP contribution in [0.15, 0.2) is 30.3 Å². The van der Waals surface area contributed by atoms with Gasteiger partial charge in [0.1, 0.15) is 5.54 Å². The Morgan fingerprint density at radius 2 is 1.83 bits per heavy atom. The van der Waals surface area contributed by atoms with Crippen LogP contribution >= 0.6 is 0 Å². The zero-order chi connectivity index (χ0) is 13.2. The minimum Gasteiger partial charge on any atom is -0.330 e. The van der Waals surface area contributed by atoms with Gasteiger partial charge in [-0.05, 0) is 18.4 Å². The van der Waals surface area contributed by atoms with E-state index in [4.69, 9.17) is 5.73 Å². The minimum atomic E-state index is -4.16. The zero-order valence-electron chi connectivity index (χ0n) is 10.0. The molecule has 0 saturated heterocycles. The molecular formula is C13H17F3N2. The molecule has 0 bridgehead atoms. The van der Waals surface area contributed by atoms with Gasteiger partial charge in [0.25, 0.3) is 0 Å². The second-order valence-corrected chi connectivity index (χ2v) is 4.80. The van der Waals surface area contributed by atoms with Crippen LogP contribution < -0.4 is 11.1 Å². The number of benzene rings is 1. The topological polar surface area (TPSA) is 38.0 Å². The molecule has 0 aliphatic heterocycles. The summed E-state index contributed by atoms with van der Waals surface area (Å²) in [6, 6.07) is 9.41. The molecule has 1 aromatic carbocycles. The van der Waals surface area contributed by atoms with E-state index in [2.05, 4.69) is 5.32 Å². The Morgan fingerprint density at radius 3 is 2.28 bits per heavy atom. The summed E-state index contributed by atoms with van der Waals surface area (Å²) in [5.74, 6) is -0.0778. The van der Waals surface area contributed by atoms with Crippen molar-refractivity contribution in [2.75, 3.05) is 13.1 Å². The normalized spacial score (nSPS) is 19.6. The summed E-state index contributed by atoms with van der Waals surface area (Å²) in [6.07, 6.45) is -3.83. The first kappa shape index (κ1) is 13.4. The van der Waals surface area contributed by atoms with E-state index in [1.165, 1.54) is 0 Å². The van der Waals surface area contributed by atoms with Crippen molar-refractivity contribution in [3.05, 3.63) is 35.9 Å². The van der Waals surface area contributed by atoms with Crippen molar-refractivity contribution in [3.8, 4) is 0 Å². The Labute approximate surface area is 104 Å². The molecule has 3 N–H and O–H groups in total. The van der Waals surface area contributed by atoms with E-state index < -0.39 is 11.7 Å². The zero-order valence-corrected chi connectivity index (χ0v) is 10.0. The Morgan fingerprint density at radius 1 is 1.22 bits per heavy atom. The molecule has 1 aliphatic rings. The number of hydrogen-bond donors (Lipinski definition) is 2. The molecule has 1 saturated carbocycles. The van der Waals surface area contributed by atoms with Crippen molar-refractivity contribution in [3.63, 3.8) is 0 Å². The van der Waals surface area contributed by atoms with Crippen molar-refractivity contribution in [2.24, 2.45) is 5.73 Å². The van der Waals surface area contributed by atoms with Gasteiger partial charge in [-0.3, -0.25) is 0 Å². The Hall–Kier alpha value is -1.07. The predicted molar refractivity (Wildman–Crippen MR) is 64.3 cm³/mol. The molecule has 5 heteroatoms. The molecular weight excluding hydrogens is 241 g/mol. The molecule has 0 aromatic heterocycles. The van der Waals surface area contributed by atoms with Gasteiger partial charge in [0.2, 0.25) is 0 Å². The molecule has 18 heavy (non-hydrogen) atoms. The fourth-order valence-electron chi connectivity index (χ4n) is 2.07. The summed E-state index contributed by atoms with van der Waals surface area (Å²) in [7, 11) is 0. The number of nitrogens with two attached hydrogens (primary N) is 1. The number of alkyl halides is 3. The molecule has 2 rings (SSSR count). The van der Waals surface area contributed by atoms with Crippen molar-refractivity contribution < 1.29 is 13.2 Å². The first-order chi connectivity index (χ1) is 8.48. The molecule has 1 aromatic rings. The highest BCUT2D eigenvalue weighted by Gasteiger charge is 2.63. The third-order valence-corrected chi connectivity index (χ3v) is 3.53. The standard InChI is InChI=1S/C13H17F3N2/c14-13(15,16)12(6-7-12)18-9-11(8-17)10-4-2-1-3-5-10/h1-5,11,18H,6-9,17H2. The summed E-state index contributed by atoms with van der Waals surface area (Å²) in [5.41, 5.74) is 4.96. The van der Waals surface area contributed by atoms with Crippen LogP contribution in [0.3, 0.4) is 0 Å². The van der Waals surface area contributed by atoms with Crippen molar-refractivity contribution >= 4 is 0 Å². The van der Waals surface area contributed by atoms with Crippen molar-refractivity contribution in [1.82, 2.24) is 5.32 Å². The maximum Gasteiger partial charge on any atom is 0.406 e. The molecule has 1 aliphatic carbocycles. The molecule has 1 fully saturated rings. The van der Waals surface area contributed by atoms with Gasteiger partial charge >= 0.3 is 6.18 Å². The third-order valence-electron chi connectivity index (χ3n) is 3.53. The number of halogens is 3. The van der Waals surface area contributed by atoms with Gasteiger partial charge in [-0.2, -0.15) is 13.2 Å². The quantitative estimate of drug-likeness (QED) is 0.851. The highest BCUT2D eigenvalue weighted by Crippen LogP contribution is 2.49. The maximum absolute atomic E-state index is 12.8. The molecule has 0 spiro atoms. The molecule has 1 atom stereocenters. The molecule has 100 valence electrons. The monoisotopic (exact) mass is 258 g/mol. The summed E-state index contributed by atoms with van der Waals surface area (Å²) >= 11 is 0. The van der Waals surface area contributed by atoms with E-state index in [-0.39, 0.29) is 25.3 Å². The summed E-state index contributed by atoms with van der Waals surface area (Å²) in [4.78, 5) is 0. The number of rotatable bonds is 5. The molecule has 0 heterocycles. The summed E-state index contributed by atoms with van der Waals surface area (Å²) < 4.78 is 38.3. The van der Waals surface area contributed by atoms with Crippen molar-refractivity contribution in [1.29, 1.82) is 0 Å². The summed E-state index contributed by atoms with van der Waals surface area (Å²) in [5, 5.41) is 2.65. The van der Waals surface area contributed by atoms with Crippen LogP contribution in [0.25, 0.3) is 0 Å². The average Bonchev–Trinajstić information content (AvgIpc) is 3.12. The van der Waals surface area contributed by atoms with Gasteiger partial charge in [-0.25, -0.2) is 0 Å². The van der Waals surface area contributed by atoms with Crippen LogP contribution in [0.4, 0.5) is 13.2 Å². The van der Waals surface area contributed by atoms with E-state index >= 15 is 0 Å². The van der Waals surface area contributed by atoms with E-state index in [9.17, 15) is 13.2 Å². The second kappa shape index (κ2) is 4.90. The Balaban J connectivity index is 1.97. The van der Waals surface area contributed by atoms with Gasteiger partial charge in [0.05, 0.1) is 0 Å². The van der Waals surface area contributed by atoms with Gasteiger partial charge in [-0.15, -0.1) is 0 Å². The summed E-state index contributed by atoms with van der Waals surface area (Å²) in [6.45, 7) is 0.602. The molecule has 2 nitrogen and oxygen atoms in total. The SMILES string of the molecule is NCC(CNC1(C(F)(F)F)CC1)c1ccccc1. The van der Waals surface area contributed by atoms with Crippen LogP contribution in [0, 0.1) is 0 Å². The lowest BCUT2D eigenvalue weighted by molar-refractivity contribution is -0.165. The largest absolute Gasteiger partial charge is 0.406 e. The Bertz CT molecular complexity index is 385. The number of nitrogens with one attached hydrogen (secondary N) is 1. The smallest absolute Gasteiger partial charge is 0.330 e. The highest BCUT2D eigenvalue weighted by molar-refractivity contribution is 5.21. The first-order valence-corrected chi connectivity index (χ1v) is 6.05. The number of hydrogen-bond acceptors (Lipinski definition) is 2. The van der Waals surface area contributed by atoms with E-state index in [0.29, 0.717) is 6.54 Å². The minimum absolute atomic E-state index is 0.0778. The molecule has 1 unspecified atom stereocenters. The third kappa shape index (κ3) is 2.67. The molecule has 0 radical (unpaired) electrons. The predicted octanol–water partition coefficient (Wildman–Crippen LogP) is 2.41.